The van der Waals surface area contributed by atoms with Crippen molar-refractivity contribution >= 4 is 0 Å². The third kappa shape index (κ3) is 3.44. The maximum absolute atomic E-state index is 6.08. The van der Waals surface area contributed by atoms with E-state index < -0.39 is 0 Å². The summed E-state index contributed by atoms with van der Waals surface area (Å²) in [6, 6.07) is 0.428. The van der Waals surface area contributed by atoms with Crippen LogP contribution in [-0.2, 0) is 13.5 Å². The molecule has 2 aromatic rings. The van der Waals surface area contributed by atoms with Gasteiger partial charge in [-0.1, -0.05) is 6.92 Å². The summed E-state index contributed by atoms with van der Waals surface area (Å²) in [4.78, 5) is 0. The Morgan fingerprint density at radius 2 is 2.10 bits per heavy atom. The van der Waals surface area contributed by atoms with Crippen LogP contribution in [0.5, 0.6) is 11.6 Å². The van der Waals surface area contributed by atoms with E-state index in [1.807, 2.05) is 24.9 Å². The average molecular weight is 291 g/mol. The Morgan fingerprint density at radius 1 is 1.38 bits per heavy atom. The maximum Gasteiger partial charge on any atom is 0.221 e. The van der Waals surface area contributed by atoms with Gasteiger partial charge in [-0.05, 0) is 33.6 Å². The Hall–Kier alpha value is -1.82. The summed E-state index contributed by atoms with van der Waals surface area (Å²) in [5.41, 5.74) is 8.12. The molecule has 2 N–H and O–H groups in total. The highest BCUT2D eigenvalue weighted by Crippen LogP contribution is 2.28. The predicted octanol–water partition coefficient (Wildman–Crippen LogP) is 2.58. The molecule has 21 heavy (non-hydrogen) atoms. The Bertz CT molecular complexity index is 599. The molecule has 0 aliphatic rings. The summed E-state index contributed by atoms with van der Waals surface area (Å²) in [5.74, 6) is 1.47. The van der Waals surface area contributed by atoms with E-state index in [1.54, 1.807) is 10.9 Å². The molecule has 0 aromatic carbocycles. The SMILES string of the molecule is CCC(N)Cc1c(C)nn(C)c1Oc1cnn(C(C)C)c1. The molecular weight excluding hydrogens is 266 g/mol. The van der Waals surface area contributed by atoms with E-state index >= 15 is 0 Å². The fourth-order valence-electron chi connectivity index (χ4n) is 2.22. The standard InChI is InChI=1S/C15H25N5O/c1-6-12(16)7-14-11(4)18-19(5)15(14)21-13-8-17-20(9-13)10(2)3/h8-10,12H,6-7,16H2,1-5H3. The number of ether oxygens (including phenoxy) is 1. The van der Waals surface area contributed by atoms with Crippen molar-refractivity contribution in [1.82, 2.24) is 19.6 Å². The molecule has 0 bridgehead atoms. The summed E-state index contributed by atoms with van der Waals surface area (Å²) in [5, 5.41) is 8.74. The van der Waals surface area contributed by atoms with Crippen LogP contribution < -0.4 is 10.5 Å². The lowest BCUT2D eigenvalue weighted by molar-refractivity contribution is 0.421. The molecular formula is C15H25N5O. The lowest BCUT2D eigenvalue weighted by atomic mass is 10.1. The summed E-state index contributed by atoms with van der Waals surface area (Å²) in [6.45, 7) is 8.24. The molecule has 0 radical (unpaired) electrons. The van der Waals surface area contributed by atoms with Gasteiger partial charge in [-0.15, -0.1) is 0 Å². The van der Waals surface area contributed by atoms with Crippen LogP contribution in [0, 0.1) is 6.92 Å². The Balaban J connectivity index is 2.25. The van der Waals surface area contributed by atoms with Crippen molar-refractivity contribution in [3.63, 3.8) is 0 Å². The van der Waals surface area contributed by atoms with Gasteiger partial charge in [0, 0.05) is 24.7 Å². The molecule has 116 valence electrons. The first-order valence-corrected chi connectivity index (χ1v) is 7.42. The number of nitrogens with zero attached hydrogens (tertiary/aromatic N) is 4. The van der Waals surface area contributed by atoms with Crippen LogP contribution in [-0.4, -0.2) is 25.6 Å². The number of rotatable bonds is 6. The van der Waals surface area contributed by atoms with Gasteiger partial charge in [0.15, 0.2) is 5.75 Å². The molecule has 6 nitrogen and oxygen atoms in total. The summed E-state index contributed by atoms with van der Waals surface area (Å²) in [7, 11) is 1.89. The van der Waals surface area contributed by atoms with Gasteiger partial charge in [0.1, 0.15) is 0 Å². The van der Waals surface area contributed by atoms with Crippen LogP contribution in [0.4, 0.5) is 0 Å². The summed E-state index contributed by atoms with van der Waals surface area (Å²) < 4.78 is 9.63. The lowest BCUT2D eigenvalue weighted by Crippen LogP contribution is -2.21. The van der Waals surface area contributed by atoms with E-state index in [2.05, 4.69) is 31.0 Å². The largest absolute Gasteiger partial charge is 0.436 e. The van der Waals surface area contributed by atoms with Gasteiger partial charge < -0.3 is 10.5 Å². The quantitative estimate of drug-likeness (QED) is 0.888. The van der Waals surface area contributed by atoms with E-state index in [-0.39, 0.29) is 6.04 Å². The van der Waals surface area contributed by atoms with E-state index in [9.17, 15) is 0 Å². The van der Waals surface area contributed by atoms with Crippen LogP contribution in [0.15, 0.2) is 12.4 Å². The Kier molecular flexibility index (Phi) is 4.67. The van der Waals surface area contributed by atoms with E-state index in [0.29, 0.717) is 6.04 Å². The van der Waals surface area contributed by atoms with Gasteiger partial charge in [-0.2, -0.15) is 10.2 Å². The zero-order valence-electron chi connectivity index (χ0n) is 13.5. The third-order valence-corrected chi connectivity index (χ3v) is 3.60. The molecule has 0 fully saturated rings. The third-order valence-electron chi connectivity index (χ3n) is 3.60. The first-order valence-electron chi connectivity index (χ1n) is 7.42. The normalized spacial score (nSPS) is 12.9. The fourth-order valence-corrected chi connectivity index (χ4v) is 2.22. The molecule has 1 atom stereocenters. The van der Waals surface area contributed by atoms with Gasteiger partial charge in [-0.3, -0.25) is 4.68 Å². The van der Waals surface area contributed by atoms with Gasteiger partial charge in [0.25, 0.3) is 0 Å². The minimum Gasteiger partial charge on any atom is -0.436 e. The number of hydrogen-bond acceptors (Lipinski definition) is 4. The number of nitrogens with two attached hydrogens (primary N) is 1. The van der Waals surface area contributed by atoms with Crippen molar-refractivity contribution in [2.45, 2.75) is 52.6 Å². The topological polar surface area (TPSA) is 70.9 Å². The molecule has 0 aliphatic carbocycles. The highest BCUT2D eigenvalue weighted by molar-refractivity contribution is 5.35. The number of hydrogen-bond donors (Lipinski definition) is 1. The number of aryl methyl sites for hydroxylation is 2. The van der Waals surface area contributed by atoms with Gasteiger partial charge in [-0.25, -0.2) is 4.68 Å². The maximum atomic E-state index is 6.08. The molecule has 2 aromatic heterocycles. The van der Waals surface area contributed by atoms with E-state index in [1.165, 1.54) is 0 Å². The lowest BCUT2D eigenvalue weighted by Gasteiger charge is -2.11. The van der Waals surface area contributed by atoms with Crippen molar-refractivity contribution in [3.05, 3.63) is 23.7 Å². The zero-order chi connectivity index (χ0) is 15.6. The van der Waals surface area contributed by atoms with Crippen molar-refractivity contribution in [2.75, 3.05) is 0 Å². The summed E-state index contributed by atoms with van der Waals surface area (Å²) in [6.07, 6.45) is 5.32. The molecule has 0 saturated heterocycles. The molecule has 0 amide bonds. The highest BCUT2D eigenvalue weighted by Gasteiger charge is 2.18. The molecule has 1 unspecified atom stereocenters. The van der Waals surface area contributed by atoms with Crippen LogP contribution in [0.3, 0.4) is 0 Å². The van der Waals surface area contributed by atoms with Crippen LogP contribution in [0.2, 0.25) is 0 Å². The molecule has 0 spiro atoms. The van der Waals surface area contributed by atoms with E-state index in [4.69, 9.17) is 10.5 Å². The fraction of sp³-hybridized carbons (Fsp3) is 0.600. The van der Waals surface area contributed by atoms with E-state index in [0.717, 1.165) is 35.7 Å². The predicted molar refractivity (Wildman–Crippen MR) is 82.6 cm³/mol. The van der Waals surface area contributed by atoms with Gasteiger partial charge in [0.05, 0.1) is 18.1 Å². The monoisotopic (exact) mass is 291 g/mol. The van der Waals surface area contributed by atoms with Crippen LogP contribution >= 0.6 is 0 Å². The molecule has 0 saturated carbocycles. The van der Waals surface area contributed by atoms with Crippen molar-refractivity contribution in [1.29, 1.82) is 0 Å². The second-order valence-electron chi connectivity index (χ2n) is 5.72. The molecule has 2 heterocycles. The highest BCUT2D eigenvalue weighted by atomic mass is 16.5. The summed E-state index contributed by atoms with van der Waals surface area (Å²) >= 11 is 0. The zero-order valence-corrected chi connectivity index (χ0v) is 13.5. The van der Waals surface area contributed by atoms with Crippen molar-refractivity contribution < 1.29 is 4.74 Å². The second-order valence-corrected chi connectivity index (χ2v) is 5.72. The van der Waals surface area contributed by atoms with Crippen LogP contribution in [0.25, 0.3) is 0 Å². The second kappa shape index (κ2) is 6.30. The Labute approximate surface area is 125 Å². The number of aromatic nitrogens is 4. The average Bonchev–Trinajstić information content (AvgIpc) is 2.99. The first kappa shape index (κ1) is 15.6. The molecule has 6 heteroatoms. The van der Waals surface area contributed by atoms with Crippen molar-refractivity contribution in [2.24, 2.45) is 12.8 Å². The Morgan fingerprint density at radius 3 is 2.67 bits per heavy atom. The van der Waals surface area contributed by atoms with Gasteiger partial charge in [0.2, 0.25) is 5.88 Å². The van der Waals surface area contributed by atoms with Crippen LogP contribution in [0.1, 0.15) is 44.5 Å². The minimum absolute atomic E-state index is 0.119. The first-order chi connectivity index (χ1) is 9.92. The molecule has 2 rings (SSSR count). The van der Waals surface area contributed by atoms with Gasteiger partial charge >= 0.3 is 0 Å². The molecule has 0 aliphatic heterocycles. The smallest absolute Gasteiger partial charge is 0.221 e. The minimum atomic E-state index is 0.119. The van der Waals surface area contributed by atoms with Crippen molar-refractivity contribution in [3.8, 4) is 11.6 Å².